The summed E-state index contributed by atoms with van der Waals surface area (Å²) in [6, 6.07) is -0.275. The van der Waals surface area contributed by atoms with Crippen molar-refractivity contribution in [3.63, 3.8) is 0 Å². The molecule has 2 amide bonds. The number of hydrogen-bond donors (Lipinski definition) is 1. The third kappa shape index (κ3) is 2.25. The van der Waals surface area contributed by atoms with Gasteiger partial charge in [-0.3, -0.25) is 14.5 Å². The van der Waals surface area contributed by atoms with Crippen molar-refractivity contribution in [3.05, 3.63) is 10.6 Å². The first-order chi connectivity index (χ1) is 10.2. The van der Waals surface area contributed by atoms with Crippen LogP contribution in [-0.4, -0.2) is 33.8 Å². The Morgan fingerprint density at radius 1 is 1.14 bits per heavy atom. The third-order valence-corrected chi connectivity index (χ3v) is 5.85. The maximum absolute atomic E-state index is 12.5. The molecule has 1 aromatic rings. The Bertz CT molecular complexity index is 570. The minimum Gasteiger partial charge on any atom is -0.349 e. The second-order valence-corrected chi connectivity index (χ2v) is 7.27. The molecular formula is C15H19N3O2S. The number of hydrogen-bond acceptors (Lipinski definition) is 5. The van der Waals surface area contributed by atoms with Gasteiger partial charge in [-0.15, -0.1) is 11.3 Å². The van der Waals surface area contributed by atoms with Crippen LogP contribution in [0.15, 0.2) is 0 Å². The number of aromatic nitrogens is 1. The Kier molecular flexibility index (Phi) is 3.21. The molecule has 1 aliphatic heterocycles. The van der Waals surface area contributed by atoms with Crippen LogP contribution in [-0.2, 0) is 22.4 Å². The van der Waals surface area contributed by atoms with Crippen LogP contribution in [0.4, 0.5) is 5.13 Å². The fourth-order valence-corrected chi connectivity index (χ4v) is 4.81. The zero-order valence-corrected chi connectivity index (χ0v) is 12.7. The summed E-state index contributed by atoms with van der Waals surface area (Å²) in [7, 11) is 0. The normalized spacial score (nSPS) is 25.9. The number of imide groups is 1. The highest BCUT2D eigenvalue weighted by Crippen LogP contribution is 2.33. The van der Waals surface area contributed by atoms with E-state index in [9.17, 15) is 9.59 Å². The van der Waals surface area contributed by atoms with E-state index in [1.165, 1.54) is 21.9 Å². The molecule has 21 heavy (non-hydrogen) atoms. The number of aryl methyl sites for hydroxylation is 2. The fraction of sp³-hybridized carbons (Fsp3) is 0.667. The minimum absolute atomic E-state index is 0.0199. The molecule has 4 rings (SSSR count). The molecule has 1 atom stereocenters. The average Bonchev–Trinajstić information content (AvgIpc) is 3.15. The molecule has 2 fully saturated rings. The number of thiazole rings is 1. The molecule has 1 unspecified atom stereocenters. The average molecular weight is 305 g/mol. The number of carbonyl (C=O) groups excluding carboxylic acids is 2. The van der Waals surface area contributed by atoms with Gasteiger partial charge in [-0.1, -0.05) is 12.8 Å². The van der Waals surface area contributed by atoms with Crippen molar-refractivity contribution in [1.82, 2.24) is 9.88 Å². The van der Waals surface area contributed by atoms with Crippen LogP contribution in [0.2, 0.25) is 0 Å². The van der Waals surface area contributed by atoms with Gasteiger partial charge in [0.2, 0.25) is 5.91 Å². The highest BCUT2D eigenvalue weighted by atomic mass is 32.1. The predicted octanol–water partition coefficient (Wildman–Crippen LogP) is 2.11. The van der Waals surface area contributed by atoms with Gasteiger partial charge in [0.05, 0.1) is 12.1 Å². The maximum atomic E-state index is 12.5. The Labute approximate surface area is 127 Å². The van der Waals surface area contributed by atoms with E-state index in [1.54, 1.807) is 11.3 Å². The number of nitrogens with one attached hydrogen (secondary N) is 1. The SMILES string of the molecule is O=C1CC(Nc2nc3c(s2)CCC3)C(=O)N1C1CCCC1. The summed E-state index contributed by atoms with van der Waals surface area (Å²) >= 11 is 1.64. The number of likely N-dealkylation sites (tertiary alicyclic amines) is 1. The topological polar surface area (TPSA) is 62.3 Å². The lowest BCUT2D eigenvalue weighted by atomic mass is 10.2. The third-order valence-electron chi connectivity index (χ3n) is 4.77. The zero-order chi connectivity index (χ0) is 14.4. The van der Waals surface area contributed by atoms with Crippen LogP contribution in [0.1, 0.15) is 49.1 Å². The van der Waals surface area contributed by atoms with Gasteiger partial charge in [0.25, 0.3) is 5.91 Å². The summed E-state index contributed by atoms with van der Waals surface area (Å²) in [6.45, 7) is 0. The van der Waals surface area contributed by atoms with Crippen molar-refractivity contribution in [3.8, 4) is 0 Å². The standard InChI is InChI=1S/C15H19N3O2S/c19-13-8-11(14(20)18(13)9-4-1-2-5-9)17-15-16-10-6-3-7-12(10)21-15/h9,11H,1-8H2,(H,16,17). The Balaban J connectivity index is 1.48. The fourth-order valence-electron chi connectivity index (χ4n) is 3.71. The second-order valence-electron chi connectivity index (χ2n) is 6.18. The molecule has 2 heterocycles. The quantitative estimate of drug-likeness (QED) is 0.869. The van der Waals surface area contributed by atoms with Crippen LogP contribution in [0.3, 0.4) is 0 Å². The van der Waals surface area contributed by atoms with E-state index < -0.39 is 6.04 Å². The van der Waals surface area contributed by atoms with E-state index in [-0.39, 0.29) is 24.3 Å². The van der Waals surface area contributed by atoms with Crippen LogP contribution in [0.5, 0.6) is 0 Å². The molecule has 2 aliphatic carbocycles. The highest BCUT2D eigenvalue weighted by Gasteiger charge is 2.43. The lowest BCUT2D eigenvalue weighted by Gasteiger charge is -2.22. The lowest BCUT2D eigenvalue weighted by Crippen LogP contribution is -2.40. The smallest absolute Gasteiger partial charge is 0.252 e. The van der Waals surface area contributed by atoms with Crippen molar-refractivity contribution >= 4 is 28.3 Å². The molecule has 5 nitrogen and oxygen atoms in total. The number of carbonyl (C=O) groups is 2. The highest BCUT2D eigenvalue weighted by molar-refractivity contribution is 7.15. The summed E-state index contributed by atoms with van der Waals surface area (Å²) in [6.07, 6.45) is 7.79. The Morgan fingerprint density at radius 3 is 2.71 bits per heavy atom. The van der Waals surface area contributed by atoms with Gasteiger partial charge in [-0.25, -0.2) is 4.98 Å². The molecule has 112 valence electrons. The molecule has 0 aromatic carbocycles. The minimum atomic E-state index is -0.413. The molecule has 1 N–H and O–H groups in total. The Hall–Kier alpha value is -1.43. The molecule has 6 heteroatoms. The monoisotopic (exact) mass is 305 g/mol. The number of rotatable bonds is 3. The van der Waals surface area contributed by atoms with Gasteiger partial charge in [0, 0.05) is 10.9 Å². The second kappa shape index (κ2) is 5.09. The summed E-state index contributed by atoms with van der Waals surface area (Å²) in [5, 5.41) is 4.00. The van der Waals surface area contributed by atoms with E-state index in [0.29, 0.717) is 0 Å². The van der Waals surface area contributed by atoms with Crippen molar-refractivity contribution < 1.29 is 9.59 Å². The number of anilines is 1. The van der Waals surface area contributed by atoms with Gasteiger partial charge in [0.15, 0.2) is 5.13 Å². The summed E-state index contributed by atoms with van der Waals surface area (Å²) in [5.74, 6) is -0.0734. The Morgan fingerprint density at radius 2 is 1.95 bits per heavy atom. The van der Waals surface area contributed by atoms with Gasteiger partial charge >= 0.3 is 0 Å². The first kappa shape index (κ1) is 13.2. The van der Waals surface area contributed by atoms with Crippen molar-refractivity contribution in [1.29, 1.82) is 0 Å². The van der Waals surface area contributed by atoms with E-state index >= 15 is 0 Å². The zero-order valence-electron chi connectivity index (χ0n) is 11.9. The van der Waals surface area contributed by atoms with E-state index in [1.807, 2.05) is 0 Å². The number of amides is 2. The van der Waals surface area contributed by atoms with E-state index in [0.717, 1.165) is 43.7 Å². The molecule has 3 aliphatic rings. The van der Waals surface area contributed by atoms with Crippen molar-refractivity contribution in [2.75, 3.05) is 5.32 Å². The van der Waals surface area contributed by atoms with Crippen LogP contribution >= 0.6 is 11.3 Å². The first-order valence-electron chi connectivity index (χ1n) is 7.83. The van der Waals surface area contributed by atoms with Gasteiger partial charge < -0.3 is 5.32 Å². The van der Waals surface area contributed by atoms with Crippen LogP contribution in [0.25, 0.3) is 0 Å². The number of nitrogens with zero attached hydrogens (tertiary/aromatic N) is 2. The summed E-state index contributed by atoms with van der Waals surface area (Å²) in [4.78, 5) is 32.1. The summed E-state index contributed by atoms with van der Waals surface area (Å²) in [5.41, 5.74) is 1.17. The maximum Gasteiger partial charge on any atom is 0.252 e. The lowest BCUT2D eigenvalue weighted by molar-refractivity contribution is -0.141. The van der Waals surface area contributed by atoms with E-state index in [2.05, 4.69) is 10.3 Å². The predicted molar refractivity (Wildman–Crippen MR) is 80.3 cm³/mol. The first-order valence-corrected chi connectivity index (χ1v) is 8.65. The molecule has 1 saturated heterocycles. The molecule has 1 saturated carbocycles. The summed E-state index contributed by atoms with van der Waals surface area (Å²) < 4.78 is 0. The largest absolute Gasteiger partial charge is 0.349 e. The molecular weight excluding hydrogens is 286 g/mol. The molecule has 0 radical (unpaired) electrons. The molecule has 1 aromatic heterocycles. The van der Waals surface area contributed by atoms with E-state index in [4.69, 9.17) is 0 Å². The van der Waals surface area contributed by atoms with Crippen LogP contribution < -0.4 is 5.32 Å². The van der Waals surface area contributed by atoms with Crippen LogP contribution in [0, 0.1) is 0 Å². The van der Waals surface area contributed by atoms with Gasteiger partial charge in [0.1, 0.15) is 6.04 Å². The molecule has 0 spiro atoms. The van der Waals surface area contributed by atoms with Crippen molar-refractivity contribution in [2.45, 2.75) is 63.5 Å². The van der Waals surface area contributed by atoms with Gasteiger partial charge in [-0.2, -0.15) is 0 Å². The van der Waals surface area contributed by atoms with Gasteiger partial charge in [-0.05, 0) is 32.1 Å². The number of fused-ring (bicyclic) bond motifs is 1. The van der Waals surface area contributed by atoms with Crippen molar-refractivity contribution in [2.24, 2.45) is 0 Å². The molecule has 0 bridgehead atoms.